The molecule has 0 atom stereocenters. The number of ether oxygens (including phenoxy) is 1. The molecule has 0 saturated carbocycles. The summed E-state index contributed by atoms with van der Waals surface area (Å²) < 4.78 is 6.34. The van der Waals surface area contributed by atoms with E-state index in [9.17, 15) is 4.79 Å². The van der Waals surface area contributed by atoms with E-state index in [1.165, 1.54) is 3.57 Å². The van der Waals surface area contributed by atoms with Crippen molar-refractivity contribution in [3.8, 4) is 0 Å². The van der Waals surface area contributed by atoms with Crippen molar-refractivity contribution in [1.29, 1.82) is 0 Å². The molecule has 0 fully saturated rings. The van der Waals surface area contributed by atoms with Crippen molar-refractivity contribution in [2.45, 2.75) is 32.8 Å². The zero-order chi connectivity index (χ0) is 14.3. The average molecular weight is 376 g/mol. The minimum absolute atomic E-state index is 0.359. The van der Waals surface area contributed by atoms with Gasteiger partial charge in [0.1, 0.15) is 5.60 Å². The lowest BCUT2D eigenvalue weighted by Crippen LogP contribution is -2.33. The van der Waals surface area contributed by atoms with Gasteiger partial charge in [0.25, 0.3) is 0 Å². The molecular weight excluding hydrogens is 355 g/mol. The van der Waals surface area contributed by atoms with E-state index in [-0.39, 0.29) is 6.09 Å². The van der Waals surface area contributed by atoms with E-state index in [1.54, 1.807) is 0 Å². The van der Waals surface area contributed by atoms with E-state index >= 15 is 0 Å². The number of nitrogens with one attached hydrogen (secondary N) is 2. The molecule has 1 aromatic rings. The number of alkyl carbamates (subject to hydrolysis) is 1. The molecule has 0 aliphatic heterocycles. The smallest absolute Gasteiger partial charge is 0.407 e. The first-order valence-corrected chi connectivity index (χ1v) is 7.41. The summed E-state index contributed by atoms with van der Waals surface area (Å²) in [6, 6.07) is 8.12. The number of carbonyl (C=O) groups excluding carboxylic acids is 1. The molecule has 0 spiro atoms. The van der Waals surface area contributed by atoms with E-state index in [1.807, 2.05) is 39.0 Å². The first-order chi connectivity index (χ1) is 8.88. The minimum atomic E-state index is -0.442. The quantitative estimate of drug-likeness (QED) is 0.610. The lowest BCUT2D eigenvalue weighted by atomic mass is 10.2. The molecule has 19 heavy (non-hydrogen) atoms. The standard InChI is InChI=1S/C14H21IN2O2/c1-14(2,3)19-13(18)17-10-6-9-16-12-8-5-4-7-11(12)15/h4-5,7-8,16H,6,9-10H2,1-3H3,(H,17,18). The first kappa shape index (κ1) is 16.1. The van der Waals surface area contributed by atoms with Gasteiger partial charge in [-0.3, -0.25) is 0 Å². The van der Waals surface area contributed by atoms with Crippen LogP contribution in [-0.4, -0.2) is 24.8 Å². The molecule has 0 aliphatic rings. The number of amides is 1. The van der Waals surface area contributed by atoms with Crippen molar-refractivity contribution in [2.24, 2.45) is 0 Å². The Morgan fingerprint density at radius 1 is 1.26 bits per heavy atom. The van der Waals surface area contributed by atoms with Crippen LogP contribution in [0.5, 0.6) is 0 Å². The largest absolute Gasteiger partial charge is 0.444 e. The summed E-state index contributed by atoms with van der Waals surface area (Å²) in [7, 11) is 0. The molecule has 0 unspecified atom stereocenters. The lowest BCUT2D eigenvalue weighted by Gasteiger charge is -2.19. The van der Waals surface area contributed by atoms with Crippen LogP contribution >= 0.6 is 22.6 Å². The fourth-order valence-electron chi connectivity index (χ4n) is 1.42. The van der Waals surface area contributed by atoms with Crippen LogP contribution in [0.15, 0.2) is 24.3 Å². The van der Waals surface area contributed by atoms with Crippen LogP contribution in [0.2, 0.25) is 0 Å². The number of hydrogen-bond donors (Lipinski definition) is 2. The fraction of sp³-hybridized carbons (Fsp3) is 0.500. The summed E-state index contributed by atoms with van der Waals surface area (Å²) in [5.74, 6) is 0. The van der Waals surface area contributed by atoms with Crippen molar-refractivity contribution in [1.82, 2.24) is 5.32 Å². The second-order valence-electron chi connectivity index (χ2n) is 5.19. The van der Waals surface area contributed by atoms with E-state index in [0.29, 0.717) is 6.54 Å². The van der Waals surface area contributed by atoms with Crippen LogP contribution in [0.3, 0.4) is 0 Å². The van der Waals surface area contributed by atoms with Crippen LogP contribution in [0.1, 0.15) is 27.2 Å². The van der Waals surface area contributed by atoms with Gasteiger partial charge in [-0.15, -0.1) is 0 Å². The summed E-state index contributed by atoms with van der Waals surface area (Å²) >= 11 is 2.29. The molecule has 5 heteroatoms. The SMILES string of the molecule is CC(C)(C)OC(=O)NCCCNc1ccccc1I. The summed E-state index contributed by atoms with van der Waals surface area (Å²) in [6.07, 6.45) is 0.492. The monoisotopic (exact) mass is 376 g/mol. The van der Waals surface area contributed by atoms with Gasteiger partial charge in [-0.1, -0.05) is 12.1 Å². The Morgan fingerprint density at radius 2 is 1.95 bits per heavy atom. The van der Waals surface area contributed by atoms with Crippen LogP contribution < -0.4 is 10.6 Å². The van der Waals surface area contributed by atoms with E-state index < -0.39 is 5.60 Å². The Balaban J connectivity index is 2.15. The number of hydrogen-bond acceptors (Lipinski definition) is 3. The van der Waals surface area contributed by atoms with Crippen molar-refractivity contribution in [2.75, 3.05) is 18.4 Å². The maximum Gasteiger partial charge on any atom is 0.407 e. The number of halogens is 1. The fourth-order valence-corrected chi connectivity index (χ4v) is 2.00. The van der Waals surface area contributed by atoms with Crippen molar-refractivity contribution < 1.29 is 9.53 Å². The Bertz CT molecular complexity index is 416. The second-order valence-corrected chi connectivity index (χ2v) is 6.35. The lowest BCUT2D eigenvalue weighted by molar-refractivity contribution is 0.0528. The Morgan fingerprint density at radius 3 is 2.58 bits per heavy atom. The molecule has 1 aromatic carbocycles. The van der Waals surface area contributed by atoms with Gasteiger partial charge in [-0.25, -0.2) is 4.79 Å². The molecule has 0 aromatic heterocycles. The minimum Gasteiger partial charge on any atom is -0.444 e. The predicted molar refractivity (Wildman–Crippen MR) is 86.5 cm³/mol. The zero-order valence-corrected chi connectivity index (χ0v) is 13.8. The normalized spacial score (nSPS) is 10.9. The highest BCUT2D eigenvalue weighted by Crippen LogP contribution is 2.16. The molecule has 0 aliphatic carbocycles. The molecule has 0 bridgehead atoms. The predicted octanol–water partition coefficient (Wildman–Crippen LogP) is 3.62. The Hall–Kier alpha value is -0.980. The van der Waals surface area contributed by atoms with Crippen LogP contribution in [0, 0.1) is 3.57 Å². The highest BCUT2D eigenvalue weighted by atomic mass is 127. The molecule has 2 N–H and O–H groups in total. The van der Waals surface area contributed by atoms with E-state index in [4.69, 9.17) is 4.74 Å². The second kappa shape index (κ2) is 7.57. The van der Waals surface area contributed by atoms with Gasteiger partial charge < -0.3 is 15.4 Å². The summed E-state index contributed by atoms with van der Waals surface area (Å²) in [6.45, 7) is 6.98. The van der Waals surface area contributed by atoms with Crippen molar-refractivity contribution in [3.63, 3.8) is 0 Å². The Labute approximate surface area is 128 Å². The van der Waals surface area contributed by atoms with Gasteiger partial charge in [0.2, 0.25) is 0 Å². The first-order valence-electron chi connectivity index (χ1n) is 6.34. The van der Waals surface area contributed by atoms with Crippen LogP contribution in [-0.2, 0) is 4.74 Å². The average Bonchev–Trinajstić information content (AvgIpc) is 2.28. The zero-order valence-electron chi connectivity index (χ0n) is 11.6. The number of carbonyl (C=O) groups is 1. The van der Waals surface area contributed by atoms with Crippen molar-refractivity contribution >= 4 is 34.4 Å². The van der Waals surface area contributed by atoms with Crippen LogP contribution in [0.4, 0.5) is 10.5 Å². The topological polar surface area (TPSA) is 50.4 Å². The molecule has 0 saturated heterocycles. The van der Waals surface area contributed by atoms with Gasteiger partial charge in [0.15, 0.2) is 0 Å². The third kappa shape index (κ3) is 7.25. The van der Waals surface area contributed by atoms with Gasteiger partial charge in [0, 0.05) is 22.3 Å². The summed E-state index contributed by atoms with van der Waals surface area (Å²) in [5.41, 5.74) is 0.683. The Kier molecular flexibility index (Phi) is 6.41. The number of rotatable bonds is 5. The maximum atomic E-state index is 11.4. The maximum absolute atomic E-state index is 11.4. The van der Waals surface area contributed by atoms with Crippen molar-refractivity contribution in [3.05, 3.63) is 27.8 Å². The molecule has 0 heterocycles. The number of para-hydroxylation sites is 1. The third-order valence-electron chi connectivity index (χ3n) is 2.21. The molecule has 0 radical (unpaired) electrons. The van der Waals surface area contributed by atoms with E-state index in [0.717, 1.165) is 18.7 Å². The van der Waals surface area contributed by atoms with Gasteiger partial charge >= 0.3 is 6.09 Å². The third-order valence-corrected chi connectivity index (χ3v) is 3.15. The van der Waals surface area contributed by atoms with E-state index in [2.05, 4.69) is 39.3 Å². The summed E-state index contributed by atoms with van der Waals surface area (Å²) in [4.78, 5) is 11.4. The molecule has 1 rings (SSSR count). The van der Waals surface area contributed by atoms with Gasteiger partial charge in [-0.2, -0.15) is 0 Å². The van der Waals surface area contributed by atoms with Gasteiger partial charge in [-0.05, 0) is 61.9 Å². The summed E-state index contributed by atoms with van der Waals surface area (Å²) in [5, 5.41) is 6.07. The molecular formula is C14H21IN2O2. The molecule has 1 amide bonds. The highest BCUT2D eigenvalue weighted by molar-refractivity contribution is 14.1. The molecule has 4 nitrogen and oxygen atoms in total. The highest BCUT2D eigenvalue weighted by Gasteiger charge is 2.15. The molecule has 106 valence electrons. The number of benzene rings is 1. The van der Waals surface area contributed by atoms with Crippen LogP contribution in [0.25, 0.3) is 0 Å². The number of anilines is 1. The van der Waals surface area contributed by atoms with Gasteiger partial charge in [0.05, 0.1) is 0 Å².